The minimum Gasteiger partial charge on any atom is -0.496 e. The maximum absolute atomic E-state index is 12.0. The van der Waals surface area contributed by atoms with Crippen molar-refractivity contribution < 1.29 is 19.0 Å². The molecule has 0 saturated heterocycles. The fourth-order valence-corrected chi connectivity index (χ4v) is 3.80. The zero-order valence-electron chi connectivity index (χ0n) is 18.9. The smallest absolute Gasteiger partial charge is 0.155 e. The Balaban J connectivity index is 2.51. The van der Waals surface area contributed by atoms with Crippen molar-refractivity contribution in [2.45, 2.75) is 39.4 Å². The molecule has 2 aromatic rings. The maximum atomic E-state index is 12.0. The molecule has 0 amide bonds. The summed E-state index contributed by atoms with van der Waals surface area (Å²) < 4.78 is 16.8. The number of benzene rings is 2. The molecule has 0 aromatic heterocycles. The molecule has 4 nitrogen and oxygen atoms in total. The van der Waals surface area contributed by atoms with Gasteiger partial charge in [0.25, 0.3) is 0 Å². The summed E-state index contributed by atoms with van der Waals surface area (Å²) in [6.07, 6.45) is 2.26. The van der Waals surface area contributed by atoms with Gasteiger partial charge in [0.15, 0.2) is 6.29 Å². The largest absolute Gasteiger partial charge is 0.496 e. The van der Waals surface area contributed by atoms with Gasteiger partial charge in [0.1, 0.15) is 25.3 Å². The summed E-state index contributed by atoms with van der Waals surface area (Å²) in [7, 11) is 3.35. The van der Waals surface area contributed by atoms with Crippen LogP contribution in [0.25, 0.3) is 10.8 Å². The molecule has 0 unspecified atom stereocenters. The number of fused-ring (bicyclic) bond motifs is 1. The molecule has 0 aliphatic rings. The summed E-state index contributed by atoms with van der Waals surface area (Å²) in [5, 5.41) is 1.49. The van der Waals surface area contributed by atoms with Gasteiger partial charge in [-0.1, -0.05) is 50.5 Å². The van der Waals surface area contributed by atoms with Gasteiger partial charge < -0.3 is 14.2 Å². The van der Waals surface area contributed by atoms with E-state index in [4.69, 9.17) is 14.2 Å². The van der Waals surface area contributed by atoms with Crippen LogP contribution < -0.4 is 14.2 Å². The number of carbonyl (C=O) groups excluding carboxylic acids is 1. The zero-order chi connectivity index (χ0) is 22.3. The van der Waals surface area contributed by atoms with Gasteiger partial charge in [0, 0.05) is 18.2 Å². The molecular weight excluding hydrogens is 392 g/mol. The minimum absolute atomic E-state index is 0.342. The molecule has 0 bridgehead atoms. The second-order valence-electron chi connectivity index (χ2n) is 8.22. The topological polar surface area (TPSA) is 44.8 Å². The van der Waals surface area contributed by atoms with E-state index in [1.807, 2.05) is 18.2 Å². The Morgan fingerprint density at radius 2 is 1.67 bits per heavy atom. The quantitative estimate of drug-likeness (QED) is 0.359. The second kappa shape index (κ2) is 10.2. The average molecular weight is 423 g/mol. The molecule has 0 heterocycles. The number of methoxy groups -OCH3 is 3. The fraction of sp³-hybridized carbons (Fsp3) is 0.400. The highest BCUT2D eigenvalue weighted by Gasteiger charge is 2.22. The molecule has 0 spiro atoms. The van der Waals surface area contributed by atoms with Crippen LogP contribution in [0.3, 0.4) is 0 Å². The monoisotopic (exact) mass is 422 g/mol. The Hall–Kier alpha value is -2.89. The molecular formula is C25H30O4Si. The first kappa shape index (κ1) is 23.4. The van der Waals surface area contributed by atoms with Crippen LogP contribution in [0.4, 0.5) is 0 Å². The van der Waals surface area contributed by atoms with E-state index < -0.39 is 8.07 Å². The van der Waals surface area contributed by atoms with Crippen LogP contribution in [0.2, 0.25) is 19.6 Å². The molecule has 0 fully saturated rings. The Labute approximate surface area is 180 Å². The van der Waals surface area contributed by atoms with Crippen LogP contribution in [-0.2, 0) is 0 Å². The van der Waals surface area contributed by atoms with Crippen molar-refractivity contribution in [1.29, 1.82) is 0 Å². The average Bonchev–Trinajstić information content (AvgIpc) is 2.71. The van der Waals surface area contributed by atoms with Crippen molar-refractivity contribution in [2.24, 2.45) is 5.92 Å². The highest BCUT2D eigenvalue weighted by Crippen LogP contribution is 2.43. The van der Waals surface area contributed by atoms with Gasteiger partial charge in [-0.15, -0.1) is 11.5 Å². The van der Waals surface area contributed by atoms with E-state index in [9.17, 15) is 4.79 Å². The molecule has 30 heavy (non-hydrogen) atoms. The van der Waals surface area contributed by atoms with Gasteiger partial charge in [0.05, 0.1) is 37.8 Å². The summed E-state index contributed by atoms with van der Waals surface area (Å²) in [5.41, 5.74) is 4.29. The summed E-state index contributed by atoms with van der Waals surface area (Å²) in [5.74, 6) is 11.6. The number of aldehydes is 1. The molecule has 1 atom stereocenters. The predicted molar refractivity (Wildman–Crippen MR) is 125 cm³/mol. The Morgan fingerprint density at radius 3 is 2.23 bits per heavy atom. The van der Waals surface area contributed by atoms with Crippen molar-refractivity contribution in [3.05, 3.63) is 29.3 Å². The molecule has 158 valence electrons. The van der Waals surface area contributed by atoms with Crippen LogP contribution in [-0.4, -0.2) is 35.7 Å². The van der Waals surface area contributed by atoms with Gasteiger partial charge in [0.2, 0.25) is 0 Å². The van der Waals surface area contributed by atoms with Gasteiger partial charge in [-0.3, -0.25) is 4.79 Å². The number of rotatable bonds is 6. The zero-order valence-corrected chi connectivity index (χ0v) is 19.9. The van der Waals surface area contributed by atoms with E-state index >= 15 is 0 Å². The Morgan fingerprint density at radius 1 is 1.00 bits per heavy atom. The summed E-state index contributed by atoms with van der Waals surface area (Å²) in [6.45, 7) is 8.84. The van der Waals surface area contributed by atoms with Crippen molar-refractivity contribution in [2.75, 3.05) is 21.3 Å². The van der Waals surface area contributed by atoms with Crippen LogP contribution in [0, 0.1) is 29.2 Å². The van der Waals surface area contributed by atoms with Crippen molar-refractivity contribution in [1.82, 2.24) is 0 Å². The fourth-order valence-electron chi connectivity index (χ4n) is 3.17. The lowest BCUT2D eigenvalue weighted by Gasteiger charge is -2.17. The highest BCUT2D eigenvalue weighted by atomic mass is 28.3. The predicted octanol–water partition coefficient (Wildman–Crippen LogP) is 5.33. The van der Waals surface area contributed by atoms with Crippen LogP contribution in [0.15, 0.2) is 18.2 Å². The van der Waals surface area contributed by atoms with Crippen LogP contribution >= 0.6 is 0 Å². The standard InChI is InChI=1S/C25H30O4Si/c1-18(12-10-16-30(5,6)7)11-8-13-19-21(17-26)25(29-4)23-20(24(19)28-3)14-9-15-22(23)27-2/h9,14-15,17-18H,11-12H2,1-7H3/t18-/m1/s1. The number of hydrogen-bond acceptors (Lipinski definition) is 4. The number of ether oxygens (including phenoxy) is 3. The first-order chi connectivity index (χ1) is 14.3. The van der Waals surface area contributed by atoms with Gasteiger partial charge in [-0.25, -0.2) is 0 Å². The molecule has 2 rings (SSSR count). The van der Waals surface area contributed by atoms with Crippen molar-refractivity contribution in [3.8, 4) is 40.6 Å². The van der Waals surface area contributed by atoms with Crippen LogP contribution in [0.5, 0.6) is 17.2 Å². The van der Waals surface area contributed by atoms with E-state index in [0.717, 1.165) is 18.1 Å². The normalized spacial score (nSPS) is 11.6. The van der Waals surface area contributed by atoms with E-state index in [1.165, 1.54) is 7.11 Å². The maximum Gasteiger partial charge on any atom is 0.155 e. The minimum atomic E-state index is -1.35. The Bertz CT molecular complexity index is 1040. The molecule has 5 heteroatoms. The molecule has 0 aliphatic heterocycles. The first-order valence-corrected chi connectivity index (χ1v) is 13.5. The third kappa shape index (κ3) is 5.37. The van der Waals surface area contributed by atoms with Gasteiger partial charge >= 0.3 is 0 Å². The van der Waals surface area contributed by atoms with Crippen molar-refractivity contribution >= 4 is 25.1 Å². The summed E-state index contributed by atoms with van der Waals surface area (Å²) >= 11 is 0. The molecule has 0 N–H and O–H groups in total. The first-order valence-electron chi connectivity index (χ1n) is 9.96. The van der Waals surface area contributed by atoms with Crippen LogP contribution in [0.1, 0.15) is 35.7 Å². The number of hydrogen-bond donors (Lipinski definition) is 0. The van der Waals surface area contributed by atoms with Gasteiger partial charge in [-0.2, -0.15) is 0 Å². The second-order valence-corrected chi connectivity index (χ2v) is 13.0. The molecule has 2 aromatic carbocycles. The van der Waals surface area contributed by atoms with Gasteiger partial charge in [-0.05, 0) is 12.0 Å². The summed E-state index contributed by atoms with van der Waals surface area (Å²) in [4.78, 5) is 12.0. The van der Waals surface area contributed by atoms with E-state index in [0.29, 0.717) is 46.1 Å². The third-order valence-electron chi connectivity index (χ3n) is 4.56. The molecule has 0 saturated carbocycles. The lowest BCUT2D eigenvalue weighted by molar-refractivity contribution is 0.112. The lowest BCUT2D eigenvalue weighted by Crippen LogP contribution is -2.16. The summed E-state index contributed by atoms with van der Waals surface area (Å²) in [6, 6.07) is 5.61. The molecule has 0 radical (unpaired) electrons. The number of carbonyl (C=O) groups is 1. The molecule has 0 aliphatic carbocycles. The van der Waals surface area contributed by atoms with Crippen molar-refractivity contribution in [3.63, 3.8) is 0 Å². The third-order valence-corrected chi connectivity index (χ3v) is 5.49. The Kier molecular flexibility index (Phi) is 7.98. The SMILES string of the molecule is COc1c(C#CC[C@@H](C)CC#C[Si](C)(C)C)c(C=O)c(OC)c2c(OC)cccc12. The van der Waals surface area contributed by atoms with E-state index in [-0.39, 0.29) is 0 Å². The van der Waals surface area contributed by atoms with E-state index in [1.54, 1.807) is 14.2 Å². The lowest BCUT2D eigenvalue weighted by atomic mass is 9.97. The highest BCUT2D eigenvalue weighted by molar-refractivity contribution is 6.83. The van der Waals surface area contributed by atoms with E-state index in [2.05, 4.69) is 49.9 Å².